The van der Waals surface area contributed by atoms with Gasteiger partial charge in [-0.25, -0.2) is 0 Å². The number of amides is 1. The van der Waals surface area contributed by atoms with Gasteiger partial charge >= 0.3 is 0 Å². The van der Waals surface area contributed by atoms with E-state index in [1.807, 2.05) is 0 Å². The molecular formula is C14H27N3O2. The topological polar surface area (TPSA) is 44.8 Å². The van der Waals surface area contributed by atoms with Crippen molar-refractivity contribution in [3.05, 3.63) is 0 Å². The van der Waals surface area contributed by atoms with Crippen molar-refractivity contribution in [3.63, 3.8) is 0 Å². The maximum atomic E-state index is 12.0. The van der Waals surface area contributed by atoms with E-state index in [4.69, 9.17) is 4.74 Å². The van der Waals surface area contributed by atoms with Crippen LogP contribution in [0, 0.1) is 0 Å². The standard InChI is InChI=1S/C14H27N3O2/c1-16(2)9-13-10-17(7-8-19-13)11-14(18)15-12-5-3-4-6-12/h12-13H,3-11H2,1-2H3,(H,15,18)/t13-/m0/s1. The predicted octanol–water partition coefficient (Wildman–Crippen LogP) is 0.308. The van der Waals surface area contributed by atoms with Gasteiger partial charge in [0.2, 0.25) is 5.91 Å². The summed E-state index contributed by atoms with van der Waals surface area (Å²) in [6.07, 6.45) is 5.04. The zero-order valence-electron chi connectivity index (χ0n) is 12.2. The molecule has 2 fully saturated rings. The van der Waals surface area contributed by atoms with Crippen LogP contribution in [0.25, 0.3) is 0 Å². The quantitative estimate of drug-likeness (QED) is 0.780. The Bertz CT molecular complexity index is 290. The second-order valence-electron chi connectivity index (χ2n) is 6.04. The minimum atomic E-state index is 0.178. The molecule has 1 heterocycles. The summed E-state index contributed by atoms with van der Waals surface area (Å²) in [4.78, 5) is 16.3. The highest BCUT2D eigenvalue weighted by molar-refractivity contribution is 5.78. The van der Waals surface area contributed by atoms with Crippen LogP contribution in [0.3, 0.4) is 0 Å². The zero-order chi connectivity index (χ0) is 13.7. The van der Waals surface area contributed by atoms with E-state index in [-0.39, 0.29) is 12.0 Å². The van der Waals surface area contributed by atoms with Crippen LogP contribution in [0.4, 0.5) is 0 Å². The van der Waals surface area contributed by atoms with Gasteiger partial charge in [-0.15, -0.1) is 0 Å². The Kier molecular flexibility index (Phi) is 5.60. The van der Waals surface area contributed by atoms with Crippen molar-refractivity contribution in [3.8, 4) is 0 Å². The number of likely N-dealkylation sites (N-methyl/N-ethyl adjacent to an activating group) is 1. The molecule has 2 aliphatic rings. The van der Waals surface area contributed by atoms with Crippen LogP contribution in [0.2, 0.25) is 0 Å². The van der Waals surface area contributed by atoms with Crippen LogP contribution in [0.5, 0.6) is 0 Å². The summed E-state index contributed by atoms with van der Waals surface area (Å²) < 4.78 is 5.72. The van der Waals surface area contributed by atoms with E-state index in [2.05, 4.69) is 29.2 Å². The first-order valence-electron chi connectivity index (χ1n) is 7.41. The van der Waals surface area contributed by atoms with Gasteiger partial charge < -0.3 is 15.0 Å². The Morgan fingerprint density at radius 1 is 1.37 bits per heavy atom. The summed E-state index contributed by atoms with van der Waals surface area (Å²) in [6, 6.07) is 0.422. The number of hydrogen-bond acceptors (Lipinski definition) is 4. The first-order valence-corrected chi connectivity index (χ1v) is 7.41. The van der Waals surface area contributed by atoms with E-state index in [0.29, 0.717) is 12.6 Å². The van der Waals surface area contributed by atoms with Crippen molar-refractivity contribution in [2.24, 2.45) is 0 Å². The van der Waals surface area contributed by atoms with Crippen LogP contribution < -0.4 is 5.32 Å². The minimum Gasteiger partial charge on any atom is -0.374 e. The molecule has 19 heavy (non-hydrogen) atoms. The summed E-state index contributed by atoms with van der Waals surface area (Å²) >= 11 is 0. The molecule has 0 spiro atoms. The average Bonchev–Trinajstić information content (AvgIpc) is 2.81. The summed E-state index contributed by atoms with van der Waals surface area (Å²) in [5.41, 5.74) is 0. The van der Waals surface area contributed by atoms with Gasteiger partial charge in [0, 0.05) is 25.7 Å². The number of nitrogens with zero attached hydrogens (tertiary/aromatic N) is 2. The van der Waals surface area contributed by atoms with Gasteiger partial charge in [-0.05, 0) is 26.9 Å². The van der Waals surface area contributed by atoms with Gasteiger partial charge in [0.1, 0.15) is 0 Å². The lowest BCUT2D eigenvalue weighted by molar-refractivity contribution is -0.125. The van der Waals surface area contributed by atoms with Crippen molar-refractivity contribution < 1.29 is 9.53 Å². The second kappa shape index (κ2) is 7.22. The van der Waals surface area contributed by atoms with Crippen LogP contribution in [-0.2, 0) is 9.53 Å². The van der Waals surface area contributed by atoms with Crippen molar-refractivity contribution in [2.75, 3.05) is 46.9 Å². The van der Waals surface area contributed by atoms with Gasteiger partial charge in [0.05, 0.1) is 19.3 Å². The smallest absolute Gasteiger partial charge is 0.234 e. The largest absolute Gasteiger partial charge is 0.374 e. The molecule has 1 amide bonds. The molecule has 1 saturated carbocycles. The third-order valence-electron chi connectivity index (χ3n) is 3.88. The van der Waals surface area contributed by atoms with E-state index in [1.54, 1.807) is 0 Å². The average molecular weight is 269 g/mol. The molecule has 5 heteroatoms. The molecule has 0 radical (unpaired) electrons. The fourth-order valence-electron chi connectivity index (χ4n) is 2.99. The van der Waals surface area contributed by atoms with Crippen molar-refractivity contribution in [1.82, 2.24) is 15.1 Å². The zero-order valence-corrected chi connectivity index (χ0v) is 12.2. The molecule has 5 nitrogen and oxygen atoms in total. The van der Waals surface area contributed by atoms with Crippen molar-refractivity contribution in [2.45, 2.75) is 37.8 Å². The SMILES string of the molecule is CN(C)C[C@H]1CN(CC(=O)NC2CCCC2)CCO1. The first kappa shape index (κ1) is 14.8. The molecule has 1 aliphatic carbocycles. The van der Waals surface area contributed by atoms with Gasteiger partial charge in [0.15, 0.2) is 0 Å². The number of carbonyl (C=O) groups excluding carboxylic acids is 1. The lowest BCUT2D eigenvalue weighted by Crippen LogP contribution is -2.50. The van der Waals surface area contributed by atoms with Crippen LogP contribution in [0.1, 0.15) is 25.7 Å². The molecule has 1 saturated heterocycles. The number of hydrogen-bond donors (Lipinski definition) is 1. The molecule has 0 bridgehead atoms. The highest BCUT2D eigenvalue weighted by Crippen LogP contribution is 2.17. The Morgan fingerprint density at radius 2 is 2.11 bits per heavy atom. The van der Waals surface area contributed by atoms with Gasteiger partial charge in [-0.1, -0.05) is 12.8 Å². The van der Waals surface area contributed by atoms with E-state index in [1.165, 1.54) is 12.8 Å². The van der Waals surface area contributed by atoms with E-state index < -0.39 is 0 Å². The molecule has 0 aromatic carbocycles. The molecule has 1 atom stereocenters. The van der Waals surface area contributed by atoms with Crippen LogP contribution >= 0.6 is 0 Å². The molecule has 1 aliphatic heterocycles. The summed E-state index contributed by atoms with van der Waals surface area (Å²) in [6.45, 7) is 3.89. The minimum absolute atomic E-state index is 0.178. The molecule has 0 aromatic rings. The summed E-state index contributed by atoms with van der Waals surface area (Å²) in [5.74, 6) is 0.178. The Labute approximate surface area is 116 Å². The molecule has 0 aromatic heterocycles. The van der Waals surface area contributed by atoms with Crippen LogP contribution in [-0.4, -0.2) is 74.7 Å². The maximum absolute atomic E-state index is 12.0. The molecule has 0 unspecified atom stereocenters. The maximum Gasteiger partial charge on any atom is 0.234 e. The highest BCUT2D eigenvalue weighted by Gasteiger charge is 2.24. The number of nitrogens with one attached hydrogen (secondary N) is 1. The molecule has 1 N–H and O–H groups in total. The number of ether oxygens (including phenoxy) is 1. The third-order valence-corrected chi connectivity index (χ3v) is 3.88. The highest BCUT2D eigenvalue weighted by atomic mass is 16.5. The first-order chi connectivity index (χ1) is 9.13. The van der Waals surface area contributed by atoms with E-state index in [0.717, 1.165) is 39.1 Å². The molecule has 110 valence electrons. The fraction of sp³-hybridized carbons (Fsp3) is 0.929. The second-order valence-corrected chi connectivity index (χ2v) is 6.04. The fourth-order valence-corrected chi connectivity index (χ4v) is 2.99. The van der Waals surface area contributed by atoms with Crippen molar-refractivity contribution >= 4 is 5.91 Å². The molecule has 2 rings (SSSR count). The van der Waals surface area contributed by atoms with Gasteiger partial charge in [0.25, 0.3) is 0 Å². The predicted molar refractivity (Wildman–Crippen MR) is 75.1 cm³/mol. The third kappa shape index (κ3) is 5.09. The lowest BCUT2D eigenvalue weighted by Gasteiger charge is -2.33. The summed E-state index contributed by atoms with van der Waals surface area (Å²) in [7, 11) is 4.10. The number of carbonyl (C=O) groups is 1. The molecular weight excluding hydrogens is 242 g/mol. The number of rotatable bonds is 5. The van der Waals surface area contributed by atoms with E-state index in [9.17, 15) is 4.79 Å². The van der Waals surface area contributed by atoms with Crippen LogP contribution in [0.15, 0.2) is 0 Å². The Morgan fingerprint density at radius 3 is 2.79 bits per heavy atom. The van der Waals surface area contributed by atoms with Crippen molar-refractivity contribution in [1.29, 1.82) is 0 Å². The lowest BCUT2D eigenvalue weighted by atomic mass is 10.2. The van der Waals surface area contributed by atoms with Gasteiger partial charge in [-0.3, -0.25) is 9.69 Å². The normalized spacial score (nSPS) is 25.9. The summed E-state index contributed by atoms with van der Waals surface area (Å²) in [5, 5.41) is 3.15. The monoisotopic (exact) mass is 269 g/mol. The number of morpholine rings is 1. The van der Waals surface area contributed by atoms with Gasteiger partial charge in [-0.2, -0.15) is 0 Å². The Hall–Kier alpha value is -0.650. The van der Waals surface area contributed by atoms with E-state index >= 15 is 0 Å². The Balaban J connectivity index is 1.70.